The molecule has 4 nitrogen and oxygen atoms in total. The SMILES string of the molecule is CC(=O)c1ccc(Nc2ccc3cn[nH]c3c2)cc1. The third-order valence-electron chi connectivity index (χ3n) is 3.02. The molecule has 1 heterocycles. The summed E-state index contributed by atoms with van der Waals surface area (Å²) < 4.78 is 0. The van der Waals surface area contributed by atoms with Crippen LogP contribution in [0.1, 0.15) is 17.3 Å². The van der Waals surface area contributed by atoms with E-state index in [-0.39, 0.29) is 5.78 Å². The fourth-order valence-corrected chi connectivity index (χ4v) is 1.97. The lowest BCUT2D eigenvalue weighted by atomic mass is 10.1. The number of anilines is 2. The van der Waals surface area contributed by atoms with Gasteiger partial charge in [-0.05, 0) is 49.4 Å². The number of nitrogens with zero attached hydrogens (tertiary/aromatic N) is 1. The van der Waals surface area contributed by atoms with Crippen LogP contribution in [0, 0.1) is 0 Å². The van der Waals surface area contributed by atoms with Gasteiger partial charge in [0.05, 0.1) is 11.7 Å². The van der Waals surface area contributed by atoms with Gasteiger partial charge in [-0.1, -0.05) is 0 Å². The van der Waals surface area contributed by atoms with E-state index in [4.69, 9.17) is 0 Å². The summed E-state index contributed by atoms with van der Waals surface area (Å²) in [5, 5.41) is 11.3. The van der Waals surface area contributed by atoms with E-state index in [2.05, 4.69) is 15.5 Å². The Morgan fingerprint density at radius 2 is 1.84 bits per heavy atom. The Balaban J connectivity index is 1.85. The molecule has 3 aromatic rings. The zero-order chi connectivity index (χ0) is 13.2. The fourth-order valence-electron chi connectivity index (χ4n) is 1.97. The molecule has 2 aromatic carbocycles. The van der Waals surface area contributed by atoms with Crippen LogP contribution in [0.15, 0.2) is 48.7 Å². The van der Waals surface area contributed by atoms with Crippen LogP contribution in [0.25, 0.3) is 10.9 Å². The summed E-state index contributed by atoms with van der Waals surface area (Å²) in [6.45, 7) is 1.56. The minimum absolute atomic E-state index is 0.0745. The Kier molecular flexibility index (Phi) is 2.76. The summed E-state index contributed by atoms with van der Waals surface area (Å²) >= 11 is 0. The fraction of sp³-hybridized carbons (Fsp3) is 0.0667. The maximum atomic E-state index is 11.2. The Labute approximate surface area is 110 Å². The summed E-state index contributed by atoms with van der Waals surface area (Å²) in [5.41, 5.74) is 3.64. The number of nitrogens with one attached hydrogen (secondary N) is 2. The van der Waals surface area contributed by atoms with Gasteiger partial charge in [0.2, 0.25) is 0 Å². The van der Waals surface area contributed by atoms with Crippen molar-refractivity contribution in [2.75, 3.05) is 5.32 Å². The first-order valence-corrected chi connectivity index (χ1v) is 6.03. The number of benzene rings is 2. The van der Waals surface area contributed by atoms with Gasteiger partial charge in [-0.2, -0.15) is 5.10 Å². The molecule has 0 unspecified atom stereocenters. The Morgan fingerprint density at radius 1 is 1.11 bits per heavy atom. The van der Waals surface area contributed by atoms with E-state index in [1.54, 1.807) is 13.1 Å². The molecule has 0 spiro atoms. The van der Waals surface area contributed by atoms with E-state index in [9.17, 15) is 4.79 Å². The smallest absolute Gasteiger partial charge is 0.159 e. The molecule has 3 rings (SSSR count). The van der Waals surface area contributed by atoms with Crippen LogP contribution in [0.3, 0.4) is 0 Å². The number of hydrogen-bond donors (Lipinski definition) is 2. The number of rotatable bonds is 3. The van der Waals surface area contributed by atoms with Crippen LogP contribution in [-0.4, -0.2) is 16.0 Å². The van der Waals surface area contributed by atoms with Crippen molar-refractivity contribution in [3.8, 4) is 0 Å². The molecule has 19 heavy (non-hydrogen) atoms. The highest BCUT2D eigenvalue weighted by Crippen LogP contribution is 2.21. The molecule has 0 aliphatic rings. The Morgan fingerprint density at radius 3 is 2.58 bits per heavy atom. The van der Waals surface area contributed by atoms with Crippen molar-refractivity contribution in [1.82, 2.24) is 10.2 Å². The largest absolute Gasteiger partial charge is 0.355 e. The van der Waals surface area contributed by atoms with Gasteiger partial charge >= 0.3 is 0 Å². The van der Waals surface area contributed by atoms with Crippen molar-refractivity contribution < 1.29 is 4.79 Å². The molecular formula is C15H13N3O. The number of fused-ring (bicyclic) bond motifs is 1. The van der Waals surface area contributed by atoms with Crippen molar-refractivity contribution in [2.45, 2.75) is 6.92 Å². The van der Waals surface area contributed by atoms with Crippen LogP contribution in [0.5, 0.6) is 0 Å². The summed E-state index contributed by atoms with van der Waals surface area (Å²) in [5.74, 6) is 0.0745. The van der Waals surface area contributed by atoms with Crippen molar-refractivity contribution in [1.29, 1.82) is 0 Å². The van der Waals surface area contributed by atoms with E-state index < -0.39 is 0 Å². The van der Waals surface area contributed by atoms with Crippen LogP contribution in [0.4, 0.5) is 11.4 Å². The predicted molar refractivity (Wildman–Crippen MR) is 75.8 cm³/mol. The van der Waals surface area contributed by atoms with Crippen molar-refractivity contribution in [2.24, 2.45) is 0 Å². The average molecular weight is 251 g/mol. The Bertz CT molecular complexity index is 728. The molecule has 0 saturated heterocycles. The molecule has 94 valence electrons. The van der Waals surface area contributed by atoms with Crippen molar-refractivity contribution in [3.63, 3.8) is 0 Å². The molecule has 0 amide bonds. The van der Waals surface area contributed by atoms with E-state index in [1.807, 2.05) is 42.5 Å². The van der Waals surface area contributed by atoms with Crippen LogP contribution in [0.2, 0.25) is 0 Å². The standard InChI is InChI=1S/C15H13N3O/c1-10(19)11-2-5-13(6-3-11)17-14-7-4-12-9-16-18-15(12)8-14/h2-9,17H,1H3,(H,16,18). The molecule has 2 N–H and O–H groups in total. The third-order valence-corrected chi connectivity index (χ3v) is 3.02. The van der Waals surface area contributed by atoms with E-state index in [1.165, 1.54) is 0 Å². The number of carbonyl (C=O) groups excluding carboxylic acids is 1. The molecule has 0 fully saturated rings. The minimum Gasteiger partial charge on any atom is -0.355 e. The molecular weight excluding hydrogens is 238 g/mol. The first kappa shape index (κ1) is 11.5. The maximum absolute atomic E-state index is 11.2. The van der Waals surface area contributed by atoms with E-state index >= 15 is 0 Å². The van der Waals surface area contributed by atoms with Gasteiger partial charge in [-0.25, -0.2) is 0 Å². The normalized spacial score (nSPS) is 10.6. The Hall–Kier alpha value is -2.62. The van der Waals surface area contributed by atoms with Crippen LogP contribution >= 0.6 is 0 Å². The summed E-state index contributed by atoms with van der Waals surface area (Å²) in [6, 6.07) is 13.4. The molecule has 0 radical (unpaired) electrons. The zero-order valence-electron chi connectivity index (χ0n) is 10.5. The molecule has 1 aromatic heterocycles. The monoisotopic (exact) mass is 251 g/mol. The quantitative estimate of drug-likeness (QED) is 0.700. The number of aromatic nitrogens is 2. The number of ketones is 1. The van der Waals surface area contributed by atoms with Gasteiger partial charge in [-0.15, -0.1) is 0 Å². The van der Waals surface area contributed by atoms with Crippen LogP contribution < -0.4 is 5.32 Å². The highest BCUT2D eigenvalue weighted by Gasteiger charge is 2.01. The van der Waals surface area contributed by atoms with Gasteiger partial charge < -0.3 is 5.32 Å². The number of carbonyl (C=O) groups is 1. The predicted octanol–water partition coefficient (Wildman–Crippen LogP) is 3.51. The lowest BCUT2D eigenvalue weighted by Crippen LogP contribution is -1.93. The van der Waals surface area contributed by atoms with Crippen LogP contribution in [-0.2, 0) is 0 Å². The van der Waals surface area contributed by atoms with E-state index in [0.29, 0.717) is 0 Å². The summed E-state index contributed by atoms with van der Waals surface area (Å²) in [6.07, 6.45) is 1.79. The van der Waals surface area contributed by atoms with Crippen molar-refractivity contribution >= 4 is 28.1 Å². The third kappa shape index (κ3) is 2.33. The van der Waals surface area contributed by atoms with Gasteiger partial charge in [0.15, 0.2) is 5.78 Å². The topological polar surface area (TPSA) is 57.8 Å². The second-order valence-electron chi connectivity index (χ2n) is 4.43. The van der Waals surface area contributed by atoms with Crippen molar-refractivity contribution in [3.05, 3.63) is 54.2 Å². The summed E-state index contributed by atoms with van der Waals surface area (Å²) in [7, 11) is 0. The average Bonchev–Trinajstić information content (AvgIpc) is 2.87. The number of H-pyrrole nitrogens is 1. The molecule has 0 saturated carbocycles. The van der Waals surface area contributed by atoms with E-state index in [0.717, 1.165) is 27.8 Å². The highest BCUT2D eigenvalue weighted by molar-refractivity contribution is 5.94. The second-order valence-corrected chi connectivity index (χ2v) is 4.43. The molecule has 0 aliphatic carbocycles. The number of aromatic amines is 1. The second kappa shape index (κ2) is 4.57. The highest BCUT2D eigenvalue weighted by atomic mass is 16.1. The molecule has 0 aliphatic heterocycles. The number of Topliss-reactive ketones (excluding diaryl/α,β-unsaturated/α-hetero) is 1. The minimum atomic E-state index is 0.0745. The van der Waals surface area contributed by atoms with Gasteiger partial charge in [0.1, 0.15) is 0 Å². The first-order valence-electron chi connectivity index (χ1n) is 6.03. The zero-order valence-corrected chi connectivity index (χ0v) is 10.5. The number of hydrogen-bond acceptors (Lipinski definition) is 3. The lowest BCUT2D eigenvalue weighted by molar-refractivity contribution is 0.101. The lowest BCUT2D eigenvalue weighted by Gasteiger charge is -2.06. The molecule has 4 heteroatoms. The maximum Gasteiger partial charge on any atom is 0.159 e. The van der Waals surface area contributed by atoms with Gasteiger partial charge in [0, 0.05) is 22.3 Å². The molecule has 0 atom stereocenters. The van der Waals surface area contributed by atoms with Gasteiger partial charge in [0.25, 0.3) is 0 Å². The summed E-state index contributed by atoms with van der Waals surface area (Å²) in [4.78, 5) is 11.2. The molecule has 0 bridgehead atoms. The first-order chi connectivity index (χ1) is 9.22. The van der Waals surface area contributed by atoms with Gasteiger partial charge in [-0.3, -0.25) is 9.89 Å².